The van der Waals surface area contributed by atoms with Gasteiger partial charge in [0.1, 0.15) is 5.75 Å². The van der Waals surface area contributed by atoms with Crippen molar-refractivity contribution in [3.63, 3.8) is 0 Å². The van der Waals surface area contributed by atoms with E-state index in [9.17, 15) is 14.4 Å². The van der Waals surface area contributed by atoms with Crippen LogP contribution < -0.4 is 10.1 Å². The monoisotopic (exact) mass is 416 g/mol. The van der Waals surface area contributed by atoms with Gasteiger partial charge in [0.05, 0.1) is 18.7 Å². The van der Waals surface area contributed by atoms with Crippen molar-refractivity contribution < 1.29 is 23.9 Å². The molecule has 2 amide bonds. The van der Waals surface area contributed by atoms with E-state index < -0.39 is 23.9 Å². The van der Waals surface area contributed by atoms with E-state index in [-0.39, 0.29) is 18.4 Å². The molecule has 0 aromatic heterocycles. The van der Waals surface area contributed by atoms with Crippen molar-refractivity contribution in [3.05, 3.63) is 24.3 Å². The van der Waals surface area contributed by atoms with Gasteiger partial charge in [-0.2, -0.15) is 0 Å². The van der Waals surface area contributed by atoms with Crippen LogP contribution in [0, 0.1) is 17.8 Å². The van der Waals surface area contributed by atoms with Crippen LogP contribution in [0.25, 0.3) is 0 Å². The molecule has 5 atom stereocenters. The fraction of sp³-hybridized carbons (Fsp3) is 0.609. The molecule has 30 heavy (non-hydrogen) atoms. The Bertz CT molecular complexity index is 796. The summed E-state index contributed by atoms with van der Waals surface area (Å²) in [6.07, 6.45) is 2.45. The van der Waals surface area contributed by atoms with E-state index in [4.69, 9.17) is 9.47 Å². The number of carbonyl (C=O) groups excluding carboxylic acids is 3. The molecule has 1 heterocycles. The Hall–Kier alpha value is -2.57. The van der Waals surface area contributed by atoms with Gasteiger partial charge in [-0.05, 0) is 37.3 Å². The van der Waals surface area contributed by atoms with E-state index >= 15 is 0 Å². The number of amides is 2. The van der Waals surface area contributed by atoms with Gasteiger partial charge in [0.15, 0.2) is 6.10 Å². The lowest BCUT2D eigenvalue weighted by atomic mass is 9.77. The molecule has 164 valence electrons. The van der Waals surface area contributed by atoms with Crippen molar-refractivity contribution >= 4 is 23.5 Å². The average Bonchev–Trinajstić information content (AvgIpc) is 3.12. The van der Waals surface area contributed by atoms with Gasteiger partial charge < -0.3 is 19.7 Å². The Morgan fingerprint density at radius 1 is 1.20 bits per heavy atom. The summed E-state index contributed by atoms with van der Waals surface area (Å²) in [5.74, 6) is 0.0628. The van der Waals surface area contributed by atoms with Crippen molar-refractivity contribution in [2.24, 2.45) is 17.8 Å². The first kappa shape index (κ1) is 22.1. The summed E-state index contributed by atoms with van der Waals surface area (Å²) in [6, 6.07) is 7.21. The summed E-state index contributed by atoms with van der Waals surface area (Å²) in [6.45, 7) is 6.32. The SMILES string of the molecule is COc1ccccc1NC(=O)[C@H](C)OC(=O)[C@@H]1CC(=O)N([C@@H]2CCC[C@H](C)[C@H]2C)C1. The molecular weight excluding hydrogens is 384 g/mol. The fourth-order valence-corrected chi connectivity index (χ4v) is 4.51. The number of methoxy groups -OCH3 is 1. The number of esters is 1. The molecular formula is C23H32N2O5. The van der Waals surface area contributed by atoms with Gasteiger partial charge >= 0.3 is 5.97 Å². The van der Waals surface area contributed by atoms with Crippen LogP contribution in [0.3, 0.4) is 0 Å². The normalized spacial score (nSPS) is 27.5. The number of benzene rings is 1. The number of rotatable bonds is 6. The Morgan fingerprint density at radius 2 is 1.93 bits per heavy atom. The molecule has 3 rings (SSSR count). The van der Waals surface area contributed by atoms with E-state index in [0.717, 1.165) is 12.8 Å². The van der Waals surface area contributed by atoms with Gasteiger partial charge in [0.2, 0.25) is 5.91 Å². The number of carbonyl (C=O) groups is 3. The minimum atomic E-state index is -0.972. The minimum Gasteiger partial charge on any atom is -0.495 e. The topological polar surface area (TPSA) is 84.9 Å². The molecule has 1 N–H and O–H groups in total. The van der Waals surface area contributed by atoms with E-state index in [0.29, 0.717) is 29.8 Å². The summed E-state index contributed by atoms with van der Waals surface area (Å²) < 4.78 is 10.6. The fourth-order valence-electron chi connectivity index (χ4n) is 4.51. The van der Waals surface area contributed by atoms with E-state index in [2.05, 4.69) is 19.2 Å². The highest BCUT2D eigenvalue weighted by Gasteiger charge is 2.42. The number of ether oxygens (including phenoxy) is 2. The summed E-state index contributed by atoms with van der Waals surface area (Å²) in [5, 5.41) is 2.72. The van der Waals surface area contributed by atoms with E-state index in [1.54, 1.807) is 24.3 Å². The van der Waals surface area contributed by atoms with Crippen molar-refractivity contribution in [2.75, 3.05) is 19.0 Å². The zero-order valence-corrected chi connectivity index (χ0v) is 18.2. The molecule has 0 radical (unpaired) electrons. The van der Waals surface area contributed by atoms with Crippen LogP contribution in [0.15, 0.2) is 24.3 Å². The quantitative estimate of drug-likeness (QED) is 0.720. The Kier molecular flexibility index (Phi) is 7.00. The summed E-state index contributed by atoms with van der Waals surface area (Å²) >= 11 is 0. The summed E-state index contributed by atoms with van der Waals surface area (Å²) in [7, 11) is 1.52. The lowest BCUT2D eigenvalue weighted by Gasteiger charge is -2.39. The third-order valence-electron chi connectivity index (χ3n) is 6.58. The summed E-state index contributed by atoms with van der Waals surface area (Å²) in [5.41, 5.74) is 0.510. The minimum absolute atomic E-state index is 0.00836. The molecule has 0 spiro atoms. The first-order valence-corrected chi connectivity index (χ1v) is 10.8. The predicted molar refractivity (Wildman–Crippen MR) is 113 cm³/mol. The zero-order chi connectivity index (χ0) is 21.8. The van der Waals surface area contributed by atoms with Gasteiger partial charge in [-0.3, -0.25) is 14.4 Å². The van der Waals surface area contributed by atoms with Crippen molar-refractivity contribution in [1.29, 1.82) is 0 Å². The van der Waals surface area contributed by atoms with Crippen LogP contribution in [-0.2, 0) is 19.1 Å². The van der Waals surface area contributed by atoms with Gasteiger partial charge in [0.25, 0.3) is 5.91 Å². The van der Waals surface area contributed by atoms with Gasteiger partial charge in [-0.25, -0.2) is 0 Å². The molecule has 7 nitrogen and oxygen atoms in total. The lowest BCUT2D eigenvalue weighted by molar-refractivity contribution is -0.157. The van der Waals surface area contributed by atoms with Crippen LogP contribution in [-0.4, -0.2) is 48.5 Å². The van der Waals surface area contributed by atoms with Gasteiger partial charge in [0, 0.05) is 19.0 Å². The second-order valence-corrected chi connectivity index (χ2v) is 8.55. The molecule has 1 aliphatic heterocycles. The predicted octanol–water partition coefficient (Wildman–Crippen LogP) is 3.24. The highest BCUT2D eigenvalue weighted by atomic mass is 16.5. The number of hydrogen-bond acceptors (Lipinski definition) is 5. The van der Waals surface area contributed by atoms with Crippen molar-refractivity contribution in [2.45, 2.75) is 58.6 Å². The third kappa shape index (κ3) is 4.77. The molecule has 0 bridgehead atoms. The van der Waals surface area contributed by atoms with Gasteiger partial charge in [-0.1, -0.05) is 38.8 Å². The molecule has 1 saturated carbocycles. The number of anilines is 1. The molecule has 7 heteroatoms. The number of para-hydroxylation sites is 2. The van der Waals surface area contributed by atoms with Crippen molar-refractivity contribution in [3.8, 4) is 5.75 Å². The standard InChI is InChI=1S/C23H32N2O5/c1-14-8-7-10-19(15(14)2)25-13-17(12-21(25)26)23(28)30-16(3)22(27)24-18-9-5-6-11-20(18)29-4/h5-6,9,11,14-17,19H,7-8,10,12-13H2,1-4H3,(H,24,27)/t14-,15+,16-,17+,19+/m0/s1. The molecule has 1 aromatic rings. The highest BCUT2D eigenvalue weighted by molar-refractivity contribution is 5.96. The largest absolute Gasteiger partial charge is 0.495 e. The maximum Gasteiger partial charge on any atom is 0.312 e. The van der Waals surface area contributed by atoms with E-state index in [1.807, 2.05) is 4.90 Å². The highest BCUT2D eigenvalue weighted by Crippen LogP contribution is 2.36. The number of nitrogens with zero attached hydrogens (tertiary/aromatic N) is 1. The maximum absolute atomic E-state index is 12.6. The number of likely N-dealkylation sites (tertiary alicyclic amines) is 1. The Balaban J connectivity index is 1.56. The van der Waals surface area contributed by atoms with Crippen LogP contribution in [0.5, 0.6) is 5.75 Å². The van der Waals surface area contributed by atoms with Crippen LogP contribution in [0.2, 0.25) is 0 Å². The second kappa shape index (κ2) is 9.49. The first-order valence-electron chi connectivity index (χ1n) is 10.8. The van der Waals surface area contributed by atoms with Crippen molar-refractivity contribution in [1.82, 2.24) is 4.90 Å². The van der Waals surface area contributed by atoms with Crippen LogP contribution in [0.1, 0.15) is 46.5 Å². The van der Waals surface area contributed by atoms with Crippen LogP contribution in [0.4, 0.5) is 5.69 Å². The smallest absolute Gasteiger partial charge is 0.312 e. The Labute approximate surface area is 178 Å². The maximum atomic E-state index is 12.6. The molecule has 1 saturated heterocycles. The first-order chi connectivity index (χ1) is 14.3. The zero-order valence-electron chi connectivity index (χ0n) is 18.2. The lowest BCUT2D eigenvalue weighted by Crippen LogP contribution is -2.45. The molecule has 1 aliphatic carbocycles. The number of hydrogen-bond donors (Lipinski definition) is 1. The Morgan fingerprint density at radius 3 is 2.67 bits per heavy atom. The number of nitrogens with one attached hydrogen (secondary N) is 1. The second-order valence-electron chi connectivity index (χ2n) is 8.55. The van der Waals surface area contributed by atoms with E-state index in [1.165, 1.54) is 20.5 Å². The van der Waals surface area contributed by atoms with Crippen LogP contribution >= 0.6 is 0 Å². The van der Waals surface area contributed by atoms with Gasteiger partial charge in [-0.15, -0.1) is 0 Å². The molecule has 2 aliphatic rings. The molecule has 1 aromatic carbocycles. The molecule has 0 unspecified atom stereocenters. The average molecular weight is 417 g/mol. The summed E-state index contributed by atoms with van der Waals surface area (Å²) in [4.78, 5) is 39.6. The third-order valence-corrected chi connectivity index (χ3v) is 6.58. The molecule has 2 fully saturated rings.